The van der Waals surface area contributed by atoms with Gasteiger partial charge in [0.1, 0.15) is 0 Å². The molecule has 0 amide bonds. The standard InChI is InChI=1S/C25H23N2O5/c28-26(29)22-14-6-4-11-19(22)20-13-8-16-24(32-17-18-9-2-1-3-10-18)25(20)21-12-5-7-15-23(21)27(30)31/h1-7,9-12,14-15,24-25H,8,13,16-17H2. The number of hydrogen-bond acceptors (Lipinski definition) is 5. The van der Waals surface area contributed by atoms with Gasteiger partial charge < -0.3 is 4.74 Å². The molecule has 2 atom stereocenters. The molecule has 0 N–H and O–H groups in total. The second kappa shape index (κ2) is 9.70. The summed E-state index contributed by atoms with van der Waals surface area (Å²) in [5, 5.41) is 23.5. The van der Waals surface area contributed by atoms with E-state index in [-0.39, 0.29) is 17.5 Å². The van der Waals surface area contributed by atoms with E-state index in [0.717, 1.165) is 17.9 Å². The molecule has 0 bridgehead atoms. The van der Waals surface area contributed by atoms with Crippen molar-refractivity contribution in [3.8, 4) is 0 Å². The van der Waals surface area contributed by atoms with Crippen LogP contribution in [0, 0.1) is 26.1 Å². The summed E-state index contributed by atoms with van der Waals surface area (Å²) in [5.41, 5.74) is 2.07. The minimum atomic E-state index is -0.449. The average molecular weight is 431 g/mol. The summed E-state index contributed by atoms with van der Waals surface area (Å²) in [6.07, 6.45) is 1.79. The van der Waals surface area contributed by atoms with Gasteiger partial charge in [0.05, 0.1) is 22.6 Å². The number of para-hydroxylation sites is 2. The van der Waals surface area contributed by atoms with Crippen molar-refractivity contribution in [3.63, 3.8) is 0 Å². The van der Waals surface area contributed by atoms with Gasteiger partial charge in [0, 0.05) is 35.1 Å². The summed E-state index contributed by atoms with van der Waals surface area (Å²) >= 11 is 0. The quantitative estimate of drug-likeness (QED) is 0.339. The second-order valence-corrected chi connectivity index (χ2v) is 7.82. The zero-order valence-corrected chi connectivity index (χ0v) is 17.4. The van der Waals surface area contributed by atoms with E-state index in [1.807, 2.05) is 30.3 Å². The lowest BCUT2D eigenvalue weighted by molar-refractivity contribution is -0.386. The van der Waals surface area contributed by atoms with Crippen LogP contribution in [-0.4, -0.2) is 16.0 Å². The van der Waals surface area contributed by atoms with E-state index in [1.54, 1.807) is 36.4 Å². The average Bonchev–Trinajstić information content (AvgIpc) is 2.83. The Labute approximate surface area is 186 Å². The molecule has 2 unspecified atom stereocenters. The van der Waals surface area contributed by atoms with Crippen molar-refractivity contribution >= 4 is 11.4 Å². The molecule has 0 heterocycles. The Balaban J connectivity index is 1.77. The molecular weight excluding hydrogens is 408 g/mol. The fraction of sp³-hybridized carbons (Fsp3) is 0.240. The zero-order valence-electron chi connectivity index (χ0n) is 17.4. The van der Waals surface area contributed by atoms with E-state index in [4.69, 9.17) is 4.74 Å². The van der Waals surface area contributed by atoms with Gasteiger partial charge in [-0.1, -0.05) is 66.7 Å². The van der Waals surface area contributed by atoms with Gasteiger partial charge in [0.25, 0.3) is 11.4 Å². The van der Waals surface area contributed by atoms with Crippen LogP contribution in [-0.2, 0) is 11.3 Å². The van der Waals surface area contributed by atoms with Gasteiger partial charge in [0.2, 0.25) is 0 Å². The maximum Gasteiger partial charge on any atom is 0.273 e. The number of nitro groups is 2. The van der Waals surface area contributed by atoms with Gasteiger partial charge in [0.15, 0.2) is 0 Å². The molecule has 1 aliphatic rings. The highest BCUT2D eigenvalue weighted by Crippen LogP contribution is 2.49. The van der Waals surface area contributed by atoms with E-state index in [0.29, 0.717) is 30.6 Å². The summed E-state index contributed by atoms with van der Waals surface area (Å²) in [5.74, 6) is 0.367. The van der Waals surface area contributed by atoms with Gasteiger partial charge in [-0.15, -0.1) is 0 Å². The molecule has 4 rings (SSSR count). The molecule has 163 valence electrons. The van der Waals surface area contributed by atoms with Crippen LogP contribution in [0.2, 0.25) is 0 Å². The Morgan fingerprint density at radius 3 is 2.16 bits per heavy atom. The van der Waals surface area contributed by atoms with Crippen LogP contribution >= 0.6 is 0 Å². The molecule has 0 saturated heterocycles. The lowest BCUT2D eigenvalue weighted by Gasteiger charge is -2.37. The van der Waals surface area contributed by atoms with Crippen LogP contribution in [0.1, 0.15) is 41.9 Å². The van der Waals surface area contributed by atoms with Gasteiger partial charge in [-0.25, -0.2) is 0 Å². The summed E-state index contributed by atoms with van der Waals surface area (Å²) in [6, 6.07) is 23.0. The number of nitro benzene ring substituents is 2. The smallest absolute Gasteiger partial charge is 0.273 e. The van der Waals surface area contributed by atoms with Crippen LogP contribution in [0.15, 0.2) is 78.9 Å². The van der Waals surface area contributed by atoms with Crippen molar-refractivity contribution < 1.29 is 14.6 Å². The highest BCUT2D eigenvalue weighted by molar-refractivity contribution is 5.55. The van der Waals surface area contributed by atoms with Crippen molar-refractivity contribution in [1.29, 1.82) is 0 Å². The van der Waals surface area contributed by atoms with E-state index in [1.165, 1.54) is 12.1 Å². The topological polar surface area (TPSA) is 95.5 Å². The second-order valence-electron chi connectivity index (χ2n) is 7.82. The third kappa shape index (κ3) is 4.53. The van der Waals surface area contributed by atoms with Gasteiger partial charge in [-0.2, -0.15) is 0 Å². The van der Waals surface area contributed by atoms with E-state index in [2.05, 4.69) is 0 Å². The third-order valence-electron chi connectivity index (χ3n) is 5.90. The van der Waals surface area contributed by atoms with Crippen molar-refractivity contribution in [2.45, 2.75) is 37.9 Å². The summed E-state index contributed by atoms with van der Waals surface area (Å²) in [7, 11) is 0. The first kappa shape index (κ1) is 21.6. The first-order valence-corrected chi connectivity index (χ1v) is 10.5. The van der Waals surface area contributed by atoms with Crippen molar-refractivity contribution in [3.05, 3.63) is 122 Å². The molecule has 32 heavy (non-hydrogen) atoms. The summed E-state index contributed by atoms with van der Waals surface area (Å²) in [6.45, 7) is 0.368. The van der Waals surface area contributed by atoms with Crippen LogP contribution in [0.4, 0.5) is 11.4 Å². The van der Waals surface area contributed by atoms with Crippen LogP contribution < -0.4 is 0 Å². The molecule has 7 heteroatoms. The Hall–Kier alpha value is -3.58. The molecule has 7 nitrogen and oxygen atoms in total. The van der Waals surface area contributed by atoms with Gasteiger partial charge in [-0.3, -0.25) is 20.2 Å². The lowest BCUT2D eigenvalue weighted by Crippen LogP contribution is -2.33. The normalized spacial score (nSPS) is 18.9. The number of ether oxygens (including phenoxy) is 1. The summed E-state index contributed by atoms with van der Waals surface area (Å²) in [4.78, 5) is 22.8. The molecule has 3 aromatic carbocycles. The van der Waals surface area contributed by atoms with E-state index in [9.17, 15) is 20.2 Å². The third-order valence-corrected chi connectivity index (χ3v) is 5.90. The zero-order chi connectivity index (χ0) is 22.5. The molecule has 0 aromatic heterocycles. The van der Waals surface area contributed by atoms with Gasteiger partial charge >= 0.3 is 0 Å². The molecular formula is C25H23N2O5. The minimum Gasteiger partial charge on any atom is -0.373 e. The molecule has 0 aliphatic heterocycles. The Kier molecular flexibility index (Phi) is 6.56. The van der Waals surface area contributed by atoms with Crippen molar-refractivity contribution in [2.24, 2.45) is 0 Å². The number of hydrogen-bond donors (Lipinski definition) is 0. The number of nitrogens with zero attached hydrogens (tertiary/aromatic N) is 2. The number of benzene rings is 3. The van der Waals surface area contributed by atoms with Gasteiger partial charge in [-0.05, 0) is 24.8 Å². The monoisotopic (exact) mass is 431 g/mol. The molecule has 1 radical (unpaired) electrons. The highest BCUT2D eigenvalue weighted by atomic mass is 16.6. The Bertz CT molecular complexity index is 1100. The largest absolute Gasteiger partial charge is 0.373 e. The van der Waals surface area contributed by atoms with Crippen LogP contribution in [0.3, 0.4) is 0 Å². The fourth-order valence-corrected chi connectivity index (χ4v) is 4.51. The Morgan fingerprint density at radius 2 is 1.44 bits per heavy atom. The maximum absolute atomic E-state index is 11.8. The molecule has 3 aromatic rings. The first-order valence-electron chi connectivity index (χ1n) is 10.5. The predicted octanol–water partition coefficient (Wildman–Crippen LogP) is 5.98. The van der Waals surface area contributed by atoms with Crippen LogP contribution in [0.25, 0.3) is 0 Å². The SMILES string of the molecule is O=[N+]([O-])c1ccccc1[C]1CCCC(OCc2ccccc2)C1c1ccccc1[N+](=O)[O-]. The lowest BCUT2D eigenvalue weighted by atomic mass is 9.70. The first-order chi connectivity index (χ1) is 15.6. The molecule has 1 fully saturated rings. The summed E-state index contributed by atoms with van der Waals surface area (Å²) < 4.78 is 6.31. The fourth-order valence-electron chi connectivity index (χ4n) is 4.51. The molecule has 1 aliphatic carbocycles. The molecule has 1 saturated carbocycles. The molecule has 0 spiro atoms. The van der Waals surface area contributed by atoms with E-state index >= 15 is 0 Å². The minimum absolute atomic E-state index is 0.00351. The van der Waals surface area contributed by atoms with E-state index < -0.39 is 15.8 Å². The Morgan fingerprint density at radius 1 is 0.812 bits per heavy atom. The predicted molar refractivity (Wildman–Crippen MR) is 120 cm³/mol. The van der Waals surface area contributed by atoms with Crippen LogP contribution in [0.5, 0.6) is 0 Å². The number of rotatable bonds is 7. The van der Waals surface area contributed by atoms with Crippen molar-refractivity contribution in [2.75, 3.05) is 0 Å². The highest BCUT2D eigenvalue weighted by Gasteiger charge is 2.41. The van der Waals surface area contributed by atoms with Crippen molar-refractivity contribution in [1.82, 2.24) is 0 Å². The maximum atomic E-state index is 11.8.